The summed E-state index contributed by atoms with van der Waals surface area (Å²) in [6.45, 7) is 0. The quantitative estimate of drug-likeness (QED) is 0.743. The lowest BCUT2D eigenvalue weighted by Gasteiger charge is -2.41. The molecular weight excluding hydrogens is 212 g/mol. The molecule has 3 aliphatic rings. The van der Waals surface area contributed by atoms with Crippen molar-refractivity contribution in [3.05, 3.63) is 71.9 Å². The Hall–Kier alpha value is -2.09. The predicted molar refractivity (Wildman–Crippen MR) is 66.3 cm³/mol. The Morgan fingerprint density at radius 3 is 2.53 bits per heavy atom. The van der Waals surface area contributed by atoms with Crippen LogP contribution in [0.5, 0.6) is 0 Å². The molecule has 0 heterocycles. The van der Waals surface area contributed by atoms with Crippen LogP contribution in [0.25, 0.3) is 0 Å². The van der Waals surface area contributed by atoms with Gasteiger partial charge in [0, 0.05) is 0 Å². The van der Waals surface area contributed by atoms with Crippen molar-refractivity contribution in [3.63, 3.8) is 0 Å². The summed E-state index contributed by atoms with van der Waals surface area (Å²) in [6, 6.07) is 0. The lowest BCUT2D eigenvalue weighted by molar-refractivity contribution is -0.141. The number of hydrogen-bond acceptors (Lipinski definition) is 1. The lowest BCUT2D eigenvalue weighted by Crippen LogP contribution is -2.38. The maximum absolute atomic E-state index is 11.5. The summed E-state index contributed by atoms with van der Waals surface area (Å²) in [5.41, 5.74) is 1.58. The molecule has 0 aromatic carbocycles. The molecule has 17 heavy (non-hydrogen) atoms. The molecule has 0 aliphatic heterocycles. The van der Waals surface area contributed by atoms with E-state index in [2.05, 4.69) is 0 Å². The van der Waals surface area contributed by atoms with E-state index >= 15 is 0 Å². The largest absolute Gasteiger partial charge is 0.481 e. The summed E-state index contributed by atoms with van der Waals surface area (Å²) in [6.07, 6.45) is 19.4. The zero-order valence-electron chi connectivity index (χ0n) is 9.21. The van der Waals surface area contributed by atoms with E-state index in [4.69, 9.17) is 0 Å². The average molecular weight is 224 g/mol. The second-order valence-electron chi connectivity index (χ2n) is 4.39. The van der Waals surface area contributed by atoms with Gasteiger partial charge in [-0.3, -0.25) is 4.79 Å². The van der Waals surface area contributed by atoms with Gasteiger partial charge in [0.25, 0.3) is 0 Å². The van der Waals surface area contributed by atoms with Crippen LogP contribution in [-0.2, 0) is 4.79 Å². The fraction of sp³-hybridized carbons (Fsp3) is 0.133. The molecule has 2 atom stereocenters. The van der Waals surface area contributed by atoms with E-state index in [9.17, 15) is 9.90 Å². The monoisotopic (exact) mass is 224 g/mol. The molecule has 1 N–H and O–H groups in total. The Morgan fingerprint density at radius 1 is 1.06 bits per heavy atom. The van der Waals surface area contributed by atoms with Crippen LogP contribution >= 0.6 is 0 Å². The molecule has 2 heteroatoms. The standard InChI is InChI=1S/C15H12O2/c16-14(17)13-9-4-8-12-7-3-6-11-5-1-2-10-15(11,12)13/h1-10,13H,(H,16,17). The van der Waals surface area contributed by atoms with Gasteiger partial charge in [-0.15, -0.1) is 0 Å². The summed E-state index contributed by atoms with van der Waals surface area (Å²) in [5.74, 6) is -1.31. The number of allylic oxidation sites excluding steroid dienone is 11. The van der Waals surface area contributed by atoms with Crippen molar-refractivity contribution in [2.45, 2.75) is 0 Å². The smallest absolute Gasteiger partial charge is 0.311 e. The van der Waals surface area contributed by atoms with Crippen molar-refractivity contribution in [2.24, 2.45) is 11.3 Å². The maximum Gasteiger partial charge on any atom is 0.311 e. The van der Waals surface area contributed by atoms with E-state index < -0.39 is 17.3 Å². The molecule has 0 fully saturated rings. The number of aliphatic carboxylic acids is 1. The maximum atomic E-state index is 11.5. The highest BCUT2D eigenvalue weighted by Gasteiger charge is 2.46. The van der Waals surface area contributed by atoms with Gasteiger partial charge >= 0.3 is 5.97 Å². The van der Waals surface area contributed by atoms with Gasteiger partial charge in [0.2, 0.25) is 0 Å². The van der Waals surface area contributed by atoms with Gasteiger partial charge in [-0.1, -0.05) is 60.8 Å². The lowest BCUT2D eigenvalue weighted by atomic mass is 9.60. The van der Waals surface area contributed by atoms with Crippen LogP contribution in [0.2, 0.25) is 0 Å². The van der Waals surface area contributed by atoms with Crippen LogP contribution in [0, 0.1) is 11.3 Å². The van der Waals surface area contributed by atoms with E-state index in [1.165, 1.54) is 0 Å². The molecule has 1 spiro atoms. The molecule has 0 bridgehead atoms. The first kappa shape index (κ1) is 10.1. The van der Waals surface area contributed by atoms with E-state index in [0.717, 1.165) is 11.1 Å². The molecule has 0 saturated carbocycles. The fourth-order valence-electron chi connectivity index (χ4n) is 2.81. The predicted octanol–water partition coefficient (Wildman–Crippen LogP) is 2.79. The topological polar surface area (TPSA) is 37.3 Å². The third-order valence-electron chi connectivity index (χ3n) is 3.59. The molecule has 0 saturated heterocycles. The van der Waals surface area contributed by atoms with Gasteiger partial charge < -0.3 is 5.11 Å². The van der Waals surface area contributed by atoms with Crippen molar-refractivity contribution in [1.29, 1.82) is 0 Å². The summed E-state index contributed by atoms with van der Waals surface area (Å²) in [7, 11) is 0. The zero-order chi connectivity index (χ0) is 11.9. The summed E-state index contributed by atoms with van der Waals surface area (Å²) in [5, 5.41) is 9.42. The number of rotatable bonds is 1. The number of carboxylic acid groups (broad SMARTS) is 1. The van der Waals surface area contributed by atoms with Gasteiger partial charge in [-0.05, 0) is 11.1 Å². The molecule has 3 aliphatic carbocycles. The Morgan fingerprint density at radius 2 is 1.76 bits per heavy atom. The third-order valence-corrected chi connectivity index (χ3v) is 3.59. The average Bonchev–Trinajstić information content (AvgIpc) is 2.35. The number of carbonyl (C=O) groups is 1. The molecule has 0 radical (unpaired) electrons. The van der Waals surface area contributed by atoms with E-state index in [-0.39, 0.29) is 0 Å². The normalized spacial score (nSPS) is 32.6. The van der Waals surface area contributed by atoms with Crippen LogP contribution in [0.1, 0.15) is 0 Å². The van der Waals surface area contributed by atoms with Crippen LogP contribution in [0.4, 0.5) is 0 Å². The number of hydrogen-bond donors (Lipinski definition) is 1. The van der Waals surface area contributed by atoms with E-state index in [0.29, 0.717) is 0 Å². The first-order valence-electron chi connectivity index (χ1n) is 5.62. The van der Waals surface area contributed by atoms with Crippen LogP contribution in [0.15, 0.2) is 71.9 Å². The van der Waals surface area contributed by atoms with Gasteiger partial charge in [0.1, 0.15) is 0 Å². The third kappa shape index (κ3) is 1.24. The van der Waals surface area contributed by atoms with Crippen molar-refractivity contribution in [2.75, 3.05) is 0 Å². The van der Waals surface area contributed by atoms with E-state index in [1.807, 2.05) is 54.7 Å². The first-order chi connectivity index (χ1) is 8.25. The van der Waals surface area contributed by atoms with Crippen molar-refractivity contribution in [3.8, 4) is 0 Å². The molecule has 0 aromatic rings. The Labute approximate surface area is 99.6 Å². The summed E-state index contributed by atoms with van der Waals surface area (Å²) in [4.78, 5) is 11.5. The molecule has 84 valence electrons. The highest BCUT2D eigenvalue weighted by Crippen LogP contribution is 2.51. The zero-order valence-corrected chi connectivity index (χ0v) is 9.21. The summed E-state index contributed by atoms with van der Waals surface area (Å²) < 4.78 is 0. The van der Waals surface area contributed by atoms with Gasteiger partial charge in [0.15, 0.2) is 0 Å². The van der Waals surface area contributed by atoms with Gasteiger partial charge in [0.05, 0.1) is 11.3 Å². The van der Waals surface area contributed by atoms with Crippen LogP contribution in [-0.4, -0.2) is 11.1 Å². The molecular formula is C15H12O2. The van der Waals surface area contributed by atoms with E-state index in [1.54, 1.807) is 6.08 Å². The molecule has 0 amide bonds. The van der Waals surface area contributed by atoms with Crippen molar-refractivity contribution < 1.29 is 9.90 Å². The minimum absolute atomic E-state index is 0.510. The first-order valence-corrected chi connectivity index (χ1v) is 5.62. The van der Waals surface area contributed by atoms with Crippen LogP contribution < -0.4 is 0 Å². The van der Waals surface area contributed by atoms with Gasteiger partial charge in [-0.2, -0.15) is 0 Å². The minimum atomic E-state index is -0.784. The second kappa shape index (κ2) is 3.45. The Bertz CT molecular complexity index is 545. The molecule has 0 aromatic heterocycles. The molecule has 3 rings (SSSR count). The number of carboxylic acids is 1. The summed E-state index contributed by atoms with van der Waals surface area (Å²) >= 11 is 0. The van der Waals surface area contributed by atoms with Crippen molar-refractivity contribution >= 4 is 5.97 Å². The molecule has 2 unspecified atom stereocenters. The Kier molecular flexibility index (Phi) is 2.05. The van der Waals surface area contributed by atoms with Gasteiger partial charge in [-0.25, -0.2) is 0 Å². The highest BCUT2D eigenvalue weighted by atomic mass is 16.4. The highest BCUT2D eigenvalue weighted by molar-refractivity contribution is 5.79. The SMILES string of the molecule is O=C(O)C1C=CC=C2C=CC=C3C=CC=CC321. The van der Waals surface area contributed by atoms with Crippen LogP contribution in [0.3, 0.4) is 0 Å². The second-order valence-corrected chi connectivity index (χ2v) is 4.39. The molecule has 2 nitrogen and oxygen atoms in total. The Balaban J connectivity index is 2.24. The fourth-order valence-corrected chi connectivity index (χ4v) is 2.81. The minimum Gasteiger partial charge on any atom is -0.481 e. The van der Waals surface area contributed by atoms with Crippen molar-refractivity contribution in [1.82, 2.24) is 0 Å².